The molecular formula is C18H27ClO4S. The SMILES string of the molecule is CCCCCCCCCCCC(=O)c1cccc(S(=O)(=O)O)c1Cl. The molecule has 0 aliphatic carbocycles. The highest BCUT2D eigenvalue weighted by molar-refractivity contribution is 7.86. The highest BCUT2D eigenvalue weighted by atomic mass is 35.5. The van der Waals surface area contributed by atoms with E-state index in [0.717, 1.165) is 19.3 Å². The van der Waals surface area contributed by atoms with Gasteiger partial charge in [-0.05, 0) is 18.6 Å². The van der Waals surface area contributed by atoms with Gasteiger partial charge in [0, 0.05) is 12.0 Å². The average Bonchev–Trinajstić information content (AvgIpc) is 2.52. The molecule has 0 aliphatic rings. The first kappa shape index (κ1) is 21.1. The lowest BCUT2D eigenvalue weighted by molar-refractivity contribution is 0.0979. The molecule has 0 heterocycles. The Bertz CT molecular complexity index is 626. The van der Waals surface area contributed by atoms with E-state index >= 15 is 0 Å². The van der Waals surface area contributed by atoms with Crippen LogP contribution in [0, 0.1) is 0 Å². The van der Waals surface area contributed by atoms with Crippen LogP contribution in [0.2, 0.25) is 5.02 Å². The normalized spacial score (nSPS) is 11.6. The van der Waals surface area contributed by atoms with Crippen LogP contribution in [0.1, 0.15) is 81.5 Å². The highest BCUT2D eigenvalue weighted by Crippen LogP contribution is 2.26. The molecule has 0 fully saturated rings. The number of unbranched alkanes of at least 4 members (excludes halogenated alkanes) is 8. The third-order valence-corrected chi connectivity index (χ3v) is 5.46. The number of Topliss-reactive ketones (excluding diaryl/α,β-unsaturated/α-hetero) is 1. The standard InChI is InChI=1S/C18H27ClO4S/c1-2-3-4-5-6-7-8-9-10-13-16(20)15-12-11-14-17(18(15)19)24(21,22)23/h11-12,14H,2-10,13H2,1H3,(H,21,22,23). The molecule has 24 heavy (non-hydrogen) atoms. The van der Waals surface area contributed by atoms with Crippen molar-refractivity contribution >= 4 is 27.5 Å². The summed E-state index contributed by atoms with van der Waals surface area (Å²) in [4.78, 5) is 11.8. The van der Waals surface area contributed by atoms with E-state index in [0.29, 0.717) is 6.42 Å². The van der Waals surface area contributed by atoms with Crippen molar-refractivity contribution in [2.45, 2.75) is 76.0 Å². The predicted molar refractivity (Wildman–Crippen MR) is 97.4 cm³/mol. The first-order chi connectivity index (χ1) is 11.4. The minimum absolute atomic E-state index is 0.159. The van der Waals surface area contributed by atoms with Crippen LogP contribution >= 0.6 is 11.6 Å². The maximum absolute atomic E-state index is 12.2. The molecule has 1 N–H and O–H groups in total. The van der Waals surface area contributed by atoms with Gasteiger partial charge in [0.05, 0.1) is 5.02 Å². The van der Waals surface area contributed by atoms with Crippen molar-refractivity contribution in [1.82, 2.24) is 0 Å². The Morgan fingerprint density at radius 1 is 1.00 bits per heavy atom. The molecule has 4 nitrogen and oxygen atoms in total. The van der Waals surface area contributed by atoms with Crippen LogP contribution in [0.5, 0.6) is 0 Å². The first-order valence-electron chi connectivity index (χ1n) is 8.67. The largest absolute Gasteiger partial charge is 0.296 e. The van der Waals surface area contributed by atoms with E-state index in [1.807, 2.05) is 0 Å². The molecule has 0 amide bonds. The molecule has 0 spiro atoms. The van der Waals surface area contributed by atoms with Crippen molar-refractivity contribution < 1.29 is 17.8 Å². The summed E-state index contributed by atoms with van der Waals surface area (Å²) in [5, 5.41) is -0.194. The molecule has 0 aromatic heterocycles. The Morgan fingerprint density at radius 3 is 2.08 bits per heavy atom. The molecule has 6 heteroatoms. The Labute approximate surface area is 150 Å². The van der Waals surface area contributed by atoms with Crippen LogP contribution in [0.4, 0.5) is 0 Å². The van der Waals surface area contributed by atoms with Crippen molar-refractivity contribution in [3.8, 4) is 0 Å². The second kappa shape index (κ2) is 10.9. The molecule has 1 rings (SSSR count). The van der Waals surface area contributed by atoms with Crippen molar-refractivity contribution in [3.63, 3.8) is 0 Å². The molecule has 1 aromatic rings. The van der Waals surface area contributed by atoms with Crippen LogP contribution in [0.15, 0.2) is 23.1 Å². The monoisotopic (exact) mass is 374 g/mol. The average molecular weight is 375 g/mol. The van der Waals surface area contributed by atoms with Crippen molar-refractivity contribution in [1.29, 1.82) is 0 Å². The molecule has 0 saturated carbocycles. The minimum atomic E-state index is -4.42. The third kappa shape index (κ3) is 7.32. The molecule has 0 radical (unpaired) electrons. The fraction of sp³-hybridized carbons (Fsp3) is 0.611. The lowest BCUT2D eigenvalue weighted by atomic mass is 10.0. The number of benzene rings is 1. The van der Waals surface area contributed by atoms with Gasteiger partial charge in [0.25, 0.3) is 10.1 Å². The van der Waals surface area contributed by atoms with Gasteiger partial charge in [-0.15, -0.1) is 0 Å². The number of carbonyl (C=O) groups excluding carboxylic acids is 1. The van der Waals surface area contributed by atoms with Gasteiger partial charge < -0.3 is 0 Å². The zero-order chi connectivity index (χ0) is 18.0. The lowest BCUT2D eigenvalue weighted by Crippen LogP contribution is -2.05. The van der Waals surface area contributed by atoms with Crippen LogP contribution in [-0.2, 0) is 10.1 Å². The van der Waals surface area contributed by atoms with Crippen molar-refractivity contribution in [2.75, 3.05) is 0 Å². The van der Waals surface area contributed by atoms with Gasteiger partial charge in [-0.3, -0.25) is 9.35 Å². The van der Waals surface area contributed by atoms with E-state index in [2.05, 4.69) is 6.92 Å². The highest BCUT2D eigenvalue weighted by Gasteiger charge is 2.19. The van der Waals surface area contributed by atoms with E-state index in [1.54, 1.807) is 0 Å². The van der Waals surface area contributed by atoms with E-state index in [9.17, 15) is 13.2 Å². The zero-order valence-electron chi connectivity index (χ0n) is 14.3. The van der Waals surface area contributed by atoms with Crippen molar-refractivity contribution in [3.05, 3.63) is 28.8 Å². The maximum Gasteiger partial charge on any atom is 0.296 e. The fourth-order valence-corrected chi connectivity index (χ4v) is 3.77. The summed E-state index contributed by atoms with van der Waals surface area (Å²) in [6.45, 7) is 2.20. The Kier molecular flexibility index (Phi) is 9.56. The topological polar surface area (TPSA) is 71.4 Å². The molecule has 1 aromatic carbocycles. The Balaban J connectivity index is 2.37. The van der Waals surface area contributed by atoms with Crippen molar-refractivity contribution in [2.24, 2.45) is 0 Å². The second-order valence-electron chi connectivity index (χ2n) is 6.09. The lowest BCUT2D eigenvalue weighted by Gasteiger charge is -2.07. The Hall–Kier alpha value is -0.910. The van der Waals surface area contributed by atoms with Gasteiger partial charge >= 0.3 is 0 Å². The van der Waals surface area contributed by atoms with Crippen LogP contribution in [0.25, 0.3) is 0 Å². The van der Waals surface area contributed by atoms with E-state index in [4.69, 9.17) is 16.2 Å². The smallest absolute Gasteiger partial charge is 0.294 e. The zero-order valence-corrected chi connectivity index (χ0v) is 15.8. The number of hydrogen-bond donors (Lipinski definition) is 1. The number of ketones is 1. The van der Waals surface area contributed by atoms with Gasteiger partial charge in [0.2, 0.25) is 0 Å². The van der Waals surface area contributed by atoms with Gasteiger partial charge in [0.1, 0.15) is 4.90 Å². The minimum Gasteiger partial charge on any atom is -0.294 e. The summed E-state index contributed by atoms with van der Waals surface area (Å²) in [6, 6.07) is 4.10. The summed E-state index contributed by atoms with van der Waals surface area (Å²) < 4.78 is 31.5. The van der Waals surface area contributed by atoms with E-state index < -0.39 is 15.0 Å². The van der Waals surface area contributed by atoms with Crippen LogP contribution < -0.4 is 0 Å². The molecule has 0 unspecified atom stereocenters. The van der Waals surface area contributed by atoms with Gasteiger partial charge in [-0.1, -0.05) is 76.0 Å². The van der Waals surface area contributed by atoms with Crippen LogP contribution in [-0.4, -0.2) is 18.8 Å². The number of rotatable bonds is 12. The van der Waals surface area contributed by atoms with E-state index in [1.165, 1.54) is 56.7 Å². The van der Waals surface area contributed by atoms with Crippen LogP contribution in [0.3, 0.4) is 0 Å². The maximum atomic E-state index is 12.2. The number of hydrogen-bond acceptors (Lipinski definition) is 3. The summed E-state index contributed by atoms with van der Waals surface area (Å²) in [5.41, 5.74) is 0.159. The van der Waals surface area contributed by atoms with Gasteiger partial charge in [0.15, 0.2) is 5.78 Å². The number of carbonyl (C=O) groups is 1. The Morgan fingerprint density at radius 2 is 1.54 bits per heavy atom. The molecular weight excluding hydrogens is 348 g/mol. The molecule has 136 valence electrons. The summed E-state index contributed by atoms with van der Waals surface area (Å²) in [5.74, 6) is -0.187. The fourth-order valence-electron chi connectivity index (χ4n) is 2.66. The quantitative estimate of drug-likeness (QED) is 0.290. The third-order valence-electron chi connectivity index (χ3n) is 4.05. The van der Waals surface area contributed by atoms with Gasteiger partial charge in [-0.25, -0.2) is 0 Å². The predicted octanol–water partition coefficient (Wildman–Crippen LogP) is 5.69. The van der Waals surface area contributed by atoms with E-state index in [-0.39, 0.29) is 16.4 Å². The number of halogens is 1. The first-order valence-corrected chi connectivity index (χ1v) is 10.5. The summed E-state index contributed by atoms with van der Waals surface area (Å²) in [7, 11) is -4.42. The molecule has 0 aliphatic heterocycles. The summed E-state index contributed by atoms with van der Waals surface area (Å²) in [6.07, 6.45) is 10.8. The summed E-state index contributed by atoms with van der Waals surface area (Å²) >= 11 is 5.95. The molecule has 0 atom stereocenters. The second-order valence-corrected chi connectivity index (χ2v) is 7.86. The van der Waals surface area contributed by atoms with Gasteiger partial charge in [-0.2, -0.15) is 8.42 Å². The molecule has 0 bridgehead atoms. The molecule has 0 saturated heterocycles.